The van der Waals surface area contributed by atoms with E-state index in [-0.39, 0.29) is 12.1 Å². The molecule has 1 heterocycles. The van der Waals surface area contributed by atoms with Gasteiger partial charge in [-0.25, -0.2) is 4.79 Å². The number of carbonyl (C=O) groups is 1. The van der Waals surface area contributed by atoms with Gasteiger partial charge in [0.1, 0.15) is 12.4 Å². The molecule has 2 aromatic rings. The van der Waals surface area contributed by atoms with Crippen molar-refractivity contribution in [2.24, 2.45) is 0 Å². The van der Waals surface area contributed by atoms with Crippen LogP contribution in [0.15, 0.2) is 48.8 Å². The van der Waals surface area contributed by atoms with Gasteiger partial charge < -0.3 is 15.4 Å². The molecule has 0 saturated carbocycles. The molecular weight excluding hydrogens is 266 g/mol. The fraction of sp³-hybridized carbons (Fsp3) is 0.250. The Labute approximate surface area is 124 Å². The Morgan fingerprint density at radius 1 is 1.24 bits per heavy atom. The summed E-state index contributed by atoms with van der Waals surface area (Å²) in [5, 5.41) is 5.52. The molecule has 0 bridgehead atoms. The maximum atomic E-state index is 11.6. The maximum absolute atomic E-state index is 11.6. The number of ether oxygens (including phenoxy) is 1. The minimum atomic E-state index is -0.214. The van der Waals surface area contributed by atoms with Gasteiger partial charge in [0, 0.05) is 29.7 Å². The van der Waals surface area contributed by atoms with Crippen LogP contribution in [0.4, 0.5) is 10.5 Å². The highest BCUT2D eigenvalue weighted by atomic mass is 16.5. The molecule has 110 valence electrons. The van der Waals surface area contributed by atoms with Crippen LogP contribution in [0, 0.1) is 0 Å². The van der Waals surface area contributed by atoms with E-state index in [9.17, 15) is 4.79 Å². The molecule has 2 amide bonds. The van der Waals surface area contributed by atoms with Gasteiger partial charge in [-0.1, -0.05) is 6.07 Å². The number of hydrogen-bond acceptors (Lipinski definition) is 3. The molecule has 0 radical (unpaired) electrons. The molecule has 0 atom stereocenters. The standard InChI is InChI=1S/C16H19N3O2/c1-12(2)18-16(20)19-14-5-7-15(8-6-14)21-11-13-4-3-9-17-10-13/h3-10,12H,11H2,1-2H3,(H2,18,19,20). The molecule has 0 fully saturated rings. The van der Waals surface area contributed by atoms with Gasteiger partial charge in [-0.3, -0.25) is 4.98 Å². The van der Waals surface area contributed by atoms with E-state index in [2.05, 4.69) is 15.6 Å². The zero-order valence-corrected chi connectivity index (χ0v) is 12.2. The molecular formula is C16H19N3O2. The van der Waals surface area contributed by atoms with Crippen molar-refractivity contribution in [3.63, 3.8) is 0 Å². The second kappa shape index (κ2) is 7.28. The fourth-order valence-electron chi connectivity index (χ4n) is 1.71. The van der Waals surface area contributed by atoms with Gasteiger partial charge in [0.2, 0.25) is 0 Å². The second-order valence-corrected chi connectivity index (χ2v) is 4.93. The summed E-state index contributed by atoms with van der Waals surface area (Å²) in [4.78, 5) is 15.6. The first-order chi connectivity index (χ1) is 10.1. The summed E-state index contributed by atoms with van der Waals surface area (Å²) in [5.74, 6) is 0.744. The van der Waals surface area contributed by atoms with Crippen LogP contribution in [-0.4, -0.2) is 17.1 Å². The first-order valence-corrected chi connectivity index (χ1v) is 6.83. The smallest absolute Gasteiger partial charge is 0.319 e. The molecule has 2 N–H and O–H groups in total. The Kier molecular flexibility index (Phi) is 5.15. The van der Waals surface area contributed by atoms with Gasteiger partial charge in [-0.05, 0) is 44.2 Å². The second-order valence-electron chi connectivity index (χ2n) is 4.93. The molecule has 1 aromatic carbocycles. The Bertz CT molecular complexity index is 568. The molecule has 0 aliphatic rings. The molecule has 0 spiro atoms. The number of urea groups is 1. The lowest BCUT2D eigenvalue weighted by Gasteiger charge is -2.11. The highest BCUT2D eigenvalue weighted by molar-refractivity contribution is 5.89. The monoisotopic (exact) mass is 285 g/mol. The highest BCUT2D eigenvalue weighted by Crippen LogP contribution is 2.16. The van der Waals surface area contributed by atoms with Crippen LogP contribution in [0.3, 0.4) is 0 Å². The SMILES string of the molecule is CC(C)NC(=O)Nc1ccc(OCc2cccnc2)cc1. The minimum absolute atomic E-state index is 0.104. The summed E-state index contributed by atoms with van der Waals surface area (Å²) in [6.07, 6.45) is 3.50. The van der Waals surface area contributed by atoms with Crippen LogP contribution in [0.2, 0.25) is 0 Å². The van der Waals surface area contributed by atoms with Crippen molar-refractivity contribution in [2.45, 2.75) is 26.5 Å². The Hall–Kier alpha value is -2.56. The van der Waals surface area contributed by atoms with Gasteiger partial charge in [-0.15, -0.1) is 0 Å². The summed E-state index contributed by atoms with van der Waals surface area (Å²) in [6, 6.07) is 11.0. The number of hydrogen-bond donors (Lipinski definition) is 2. The topological polar surface area (TPSA) is 63.2 Å². The van der Waals surface area contributed by atoms with E-state index >= 15 is 0 Å². The third kappa shape index (κ3) is 5.14. The van der Waals surface area contributed by atoms with E-state index in [1.807, 2.05) is 38.1 Å². The Morgan fingerprint density at radius 2 is 2.00 bits per heavy atom. The van der Waals surface area contributed by atoms with E-state index in [4.69, 9.17) is 4.74 Å². The molecule has 0 unspecified atom stereocenters. The van der Waals surface area contributed by atoms with Crippen molar-refractivity contribution >= 4 is 11.7 Å². The number of benzene rings is 1. The van der Waals surface area contributed by atoms with E-state index in [0.717, 1.165) is 17.0 Å². The predicted molar refractivity (Wildman–Crippen MR) is 82.3 cm³/mol. The number of amides is 2. The Balaban J connectivity index is 1.86. The van der Waals surface area contributed by atoms with Crippen LogP contribution in [0.5, 0.6) is 5.75 Å². The Morgan fingerprint density at radius 3 is 2.62 bits per heavy atom. The average molecular weight is 285 g/mol. The lowest BCUT2D eigenvalue weighted by atomic mass is 10.3. The predicted octanol–water partition coefficient (Wildman–Crippen LogP) is 3.19. The van der Waals surface area contributed by atoms with Crippen molar-refractivity contribution in [3.8, 4) is 5.75 Å². The number of rotatable bonds is 5. The van der Waals surface area contributed by atoms with Gasteiger partial charge >= 0.3 is 6.03 Å². The lowest BCUT2D eigenvalue weighted by molar-refractivity contribution is 0.250. The molecule has 0 saturated heterocycles. The summed E-state index contributed by atoms with van der Waals surface area (Å²) >= 11 is 0. The molecule has 21 heavy (non-hydrogen) atoms. The van der Waals surface area contributed by atoms with Crippen LogP contribution in [0.1, 0.15) is 19.4 Å². The van der Waals surface area contributed by atoms with Crippen LogP contribution in [-0.2, 0) is 6.61 Å². The molecule has 1 aromatic heterocycles. The van der Waals surface area contributed by atoms with Gasteiger partial charge in [0.25, 0.3) is 0 Å². The normalized spacial score (nSPS) is 10.2. The molecule has 0 aliphatic carbocycles. The maximum Gasteiger partial charge on any atom is 0.319 e. The third-order valence-corrected chi connectivity index (χ3v) is 2.66. The van der Waals surface area contributed by atoms with Gasteiger partial charge in [0.15, 0.2) is 0 Å². The molecule has 5 nitrogen and oxygen atoms in total. The van der Waals surface area contributed by atoms with E-state index in [1.54, 1.807) is 24.5 Å². The van der Waals surface area contributed by atoms with E-state index in [0.29, 0.717) is 6.61 Å². The fourth-order valence-corrected chi connectivity index (χ4v) is 1.71. The lowest BCUT2D eigenvalue weighted by Crippen LogP contribution is -2.34. The van der Waals surface area contributed by atoms with Crippen molar-refractivity contribution in [1.82, 2.24) is 10.3 Å². The zero-order chi connectivity index (χ0) is 15.1. The minimum Gasteiger partial charge on any atom is -0.489 e. The first-order valence-electron chi connectivity index (χ1n) is 6.83. The summed E-state index contributed by atoms with van der Waals surface area (Å²) in [5.41, 5.74) is 1.73. The quantitative estimate of drug-likeness (QED) is 0.886. The highest BCUT2D eigenvalue weighted by Gasteiger charge is 2.03. The summed E-state index contributed by atoms with van der Waals surface area (Å²) in [7, 11) is 0. The van der Waals surface area contributed by atoms with Crippen LogP contribution in [0.25, 0.3) is 0 Å². The molecule has 5 heteroatoms. The third-order valence-electron chi connectivity index (χ3n) is 2.66. The summed E-state index contributed by atoms with van der Waals surface area (Å²) < 4.78 is 5.65. The van der Waals surface area contributed by atoms with Gasteiger partial charge in [-0.2, -0.15) is 0 Å². The van der Waals surface area contributed by atoms with Gasteiger partial charge in [0.05, 0.1) is 0 Å². The van der Waals surface area contributed by atoms with Crippen molar-refractivity contribution in [1.29, 1.82) is 0 Å². The number of carbonyl (C=O) groups excluding carboxylic acids is 1. The summed E-state index contributed by atoms with van der Waals surface area (Å²) in [6.45, 7) is 4.29. The molecule has 2 rings (SSSR count). The number of pyridine rings is 1. The van der Waals surface area contributed by atoms with Crippen LogP contribution < -0.4 is 15.4 Å². The average Bonchev–Trinajstić information content (AvgIpc) is 2.47. The van der Waals surface area contributed by atoms with Crippen molar-refractivity contribution in [3.05, 3.63) is 54.4 Å². The number of nitrogens with zero attached hydrogens (tertiary/aromatic N) is 1. The number of anilines is 1. The number of nitrogens with one attached hydrogen (secondary N) is 2. The van der Waals surface area contributed by atoms with Crippen molar-refractivity contribution < 1.29 is 9.53 Å². The first kappa shape index (κ1) is 14.8. The molecule has 0 aliphatic heterocycles. The van der Waals surface area contributed by atoms with E-state index in [1.165, 1.54) is 0 Å². The zero-order valence-electron chi connectivity index (χ0n) is 12.2. The van der Waals surface area contributed by atoms with Crippen molar-refractivity contribution in [2.75, 3.05) is 5.32 Å². The largest absolute Gasteiger partial charge is 0.489 e. The van der Waals surface area contributed by atoms with Crippen LogP contribution >= 0.6 is 0 Å². The van der Waals surface area contributed by atoms with E-state index < -0.39 is 0 Å². The number of aromatic nitrogens is 1.